The Kier molecular flexibility index (Phi) is 4.58. The Morgan fingerprint density at radius 1 is 1.03 bits per heavy atom. The largest absolute Gasteiger partial charge is 0.354 e. The second-order valence-corrected chi connectivity index (χ2v) is 9.87. The van der Waals surface area contributed by atoms with Crippen LogP contribution < -0.4 is 9.80 Å². The Hall–Kier alpha value is -2.79. The summed E-state index contributed by atoms with van der Waals surface area (Å²) in [5.41, 5.74) is 2.96. The molecule has 0 amide bonds. The fourth-order valence-corrected chi connectivity index (χ4v) is 5.19. The number of piperazine rings is 1. The van der Waals surface area contributed by atoms with Crippen molar-refractivity contribution < 1.29 is 8.42 Å². The summed E-state index contributed by atoms with van der Waals surface area (Å²) in [6.07, 6.45) is 7.14. The summed E-state index contributed by atoms with van der Waals surface area (Å²) in [6, 6.07) is 2.23. The smallest absolute Gasteiger partial charge is 0.211 e. The lowest BCUT2D eigenvalue weighted by atomic mass is 9.99. The highest BCUT2D eigenvalue weighted by molar-refractivity contribution is 7.88. The van der Waals surface area contributed by atoms with Gasteiger partial charge in [0.05, 0.1) is 23.9 Å². The first-order valence-electron chi connectivity index (χ1n) is 9.99. The third-order valence-corrected chi connectivity index (χ3v) is 7.28. The molecule has 2 aliphatic rings. The molecule has 10 nitrogen and oxygen atoms in total. The van der Waals surface area contributed by atoms with Crippen molar-refractivity contribution in [2.75, 3.05) is 42.2 Å². The first-order valence-corrected chi connectivity index (χ1v) is 11.8. The lowest BCUT2D eigenvalue weighted by molar-refractivity contribution is 0.386. The zero-order valence-corrected chi connectivity index (χ0v) is 17.8. The van der Waals surface area contributed by atoms with Gasteiger partial charge in [0.15, 0.2) is 0 Å². The molecular formula is C19H24N8O2S. The summed E-state index contributed by atoms with van der Waals surface area (Å²) in [5.74, 6) is 1.79. The van der Waals surface area contributed by atoms with E-state index < -0.39 is 10.0 Å². The van der Waals surface area contributed by atoms with Gasteiger partial charge >= 0.3 is 0 Å². The maximum absolute atomic E-state index is 11.8. The van der Waals surface area contributed by atoms with Crippen molar-refractivity contribution in [2.24, 2.45) is 0 Å². The van der Waals surface area contributed by atoms with E-state index in [1.54, 1.807) is 12.7 Å². The lowest BCUT2D eigenvalue weighted by Crippen LogP contribution is -2.49. The number of sulfonamides is 1. The van der Waals surface area contributed by atoms with Crippen molar-refractivity contribution in [2.45, 2.75) is 25.9 Å². The molecule has 5 heterocycles. The molecule has 3 aromatic rings. The summed E-state index contributed by atoms with van der Waals surface area (Å²) >= 11 is 0. The van der Waals surface area contributed by atoms with Crippen LogP contribution in [0.2, 0.25) is 0 Å². The zero-order valence-electron chi connectivity index (χ0n) is 17.0. The number of nitrogens with one attached hydrogen (secondary N) is 1. The van der Waals surface area contributed by atoms with Crippen LogP contribution in [0.25, 0.3) is 11.0 Å². The number of fused-ring (bicyclic) bond motifs is 2. The third-order valence-electron chi connectivity index (χ3n) is 5.97. The van der Waals surface area contributed by atoms with E-state index in [0.29, 0.717) is 32.7 Å². The van der Waals surface area contributed by atoms with E-state index in [9.17, 15) is 8.42 Å². The van der Waals surface area contributed by atoms with Crippen LogP contribution in [0.3, 0.4) is 0 Å². The predicted molar refractivity (Wildman–Crippen MR) is 114 cm³/mol. The van der Waals surface area contributed by atoms with Gasteiger partial charge in [-0.05, 0) is 13.0 Å². The summed E-state index contributed by atoms with van der Waals surface area (Å²) < 4.78 is 25.2. The van der Waals surface area contributed by atoms with Gasteiger partial charge in [0.2, 0.25) is 10.0 Å². The molecule has 11 heteroatoms. The van der Waals surface area contributed by atoms with Gasteiger partial charge in [-0.2, -0.15) is 4.31 Å². The van der Waals surface area contributed by atoms with Crippen molar-refractivity contribution in [1.82, 2.24) is 29.2 Å². The Labute approximate surface area is 175 Å². The summed E-state index contributed by atoms with van der Waals surface area (Å²) in [5, 5.41) is 0.993. The number of aromatic amines is 1. The molecule has 158 valence electrons. The Morgan fingerprint density at radius 2 is 1.77 bits per heavy atom. The number of hydrogen-bond acceptors (Lipinski definition) is 8. The van der Waals surface area contributed by atoms with Crippen molar-refractivity contribution in [3.63, 3.8) is 0 Å². The van der Waals surface area contributed by atoms with Crippen LogP contribution in [0.1, 0.15) is 18.2 Å². The second-order valence-electron chi connectivity index (χ2n) is 7.89. The van der Waals surface area contributed by atoms with E-state index in [-0.39, 0.29) is 6.04 Å². The minimum atomic E-state index is -3.17. The van der Waals surface area contributed by atoms with Crippen LogP contribution in [-0.2, 0) is 23.0 Å². The summed E-state index contributed by atoms with van der Waals surface area (Å²) in [7, 11) is -3.17. The molecule has 0 radical (unpaired) electrons. The lowest BCUT2D eigenvalue weighted by Gasteiger charge is -2.39. The predicted octanol–water partition coefficient (Wildman–Crippen LogP) is 0.781. The van der Waals surface area contributed by atoms with E-state index in [2.05, 4.69) is 41.6 Å². The molecule has 0 bridgehead atoms. The molecule has 5 rings (SSSR count). The van der Waals surface area contributed by atoms with Crippen LogP contribution in [0.5, 0.6) is 0 Å². The van der Waals surface area contributed by atoms with E-state index in [4.69, 9.17) is 0 Å². The van der Waals surface area contributed by atoms with Crippen molar-refractivity contribution in [1.29, 1.82) is 0 Å². The van der Waals surface area contributed by atoms with Gasteiger partial charge in [0, 0.05) is 50.4 Å². The highest BCUT2D eigenvalue weighted by Gasteiger charge is 2.32. The fraction of sp³-hybridized carbons (Fsp3) is 0.474. The molecule has 0 spiro atoms. The van der Waals surface area contributed by atoms with Gasteiger partial charge in [-0.3, -0.25) is 0 Å². The highest BCUT2D eigenvalue weighted by atomic mass is 32.2. The van der Waals surface area contributed by atoms with E-state index in [1.165, 1.54) is 10.6 Å². The Morgan fingerprint density at radius 3 is 2.53 bits per heavy atom. The van der Waals surface area contributed by atoms with Crippen molar-refractivity contribution >= 4 is 32.7 Å². The van der Waals surface area contributed by atoms with Crippen LogP contribution in [0.15, 0.2) is 24.9 Å². The van der Waals surface area contributed by atoms with Crippen LogP contribution >= 0.6 is 0 Å². The van der Waals surface area contributed by atoms with Gasteiger partial charge in [0.1, 0.15) is 29.9 Å². The molecule has 0 aromatic carbocycles. The first-order chi connectivity index (χ1) is 14.4. The Bertz CT molecular complexity index is 1190. The first kappa shape index (κ1) is 19.2. The molecule has 3 aromatic heterocycles. The number of hydrogen-bond donors (Lipinski definition) is 1. The SMILES string of the molecule is C[C@@H]1Cc2ncnc(N3CCN(S(C)(=O)=O)CC3)c2CN1c1ncnc2[nH]ccc12. The number of rotatable bonds is 3. The molecule has 0 saturated carbocycles. The Balaban J connectivity index is 1.47. The van der Waals surface area contributed by atoms with Gasteiger partial charge in [-0.15, -0.1) is 0 Å². The second kappa shape index (κ2) is 7.17. The molecule has 1 N–H and O–H groups in total. The van der Waals surface area contributed by atoms with Gasteiger partial charge in [-0.25, -0.2) is 28.4 Å². The standard InChI is InChI=1S/C19H24N8O2S/c1-13-9-16-15(10-27(13)19-14-3-4-20-17(14)22-12-24-19)18(23-11-21-16)25-5-7-26(8-6-25)30(2,28)29/h3-4,11-13H,5-10H2,1-2H3,(H,20,22,24)/t13-/m1/s1. The number of H-pyrrole nitrogens is 1. The average molecular weight is 429 g/mol. The molecule has 30 heavy (non-hydrogen) atoms. The molecule has 0 unspecified atom stereocenters. The highest BCUT2D eigenvalue weighted by Crippen LogP contribution is 2.33. The minimum Gasteiger partial charge on any atom is -0.354 e. The normalized spacial score (nSPS) is 20.5. The molecule has 2 aliphatic heterocycles. The topological polar surface area (TPSA) is 111 Å². The third kappa shape index (κ3) is 3.27. The fourth-order valence-electron chi connectivity index (χ4n) is 4.37. The average Bonchev–Trinajstić information content (AvgIpc) is 3.21. The quantitative estimate of drug-likeness (QED) is 0.652. The summed E-state index contributed by atoms with van der Waals surface area (Å²) in [6.45, 7) is 4.98. The maximum atomic E-state index is 11.8. The monoisotopic (exact) mass is 428 g/mol. The van der Waals surface area contributed by atoms with E-state index >= 15 is 0 Å². The number of aromatic nitrogens is 5. The van der Waals surface area contributed by atoms with Gasteiger partial charge in [0.25, 0.3) is 0 Å². The van der Waals surface area contributed by atoms with Crippen molar-refractivity contribution in [3.05, 3.63) is 36.2 Å². The van der Waals surface area contributed by atoms with Gasteiger partial charge < -0.3 is 14.8 Å². The molecule has 0 aliphatic carbocycles. The summed E-state index contributed by atoms with van der Waals surface area (Å²) in [4.78, 5) is 25.6. The molecule has 1 atom stereocenters. The van der Waals surface area contributed by atoms with E-state index in [1.807, 2.05) is 12.3 Å². The molecule has 1 fully saturated rings. The van der Waals surface area contributed by atoms with Crippen LogP contribution in [0.4, 0.5) is 11.6 Å². The molecular weight excluding hydrogens is 404 g/mol. The van der Waals surface area contributed by atoms with Gasteiger partial charge in [-0.1, -0.05) is 0 Å². The number of nitrogens with zero attached hydrogens (tertiary/aromatic N) is 7. The van der Waals surface area contributed by atoms with E-state index in [0.717, 1.165) is 40.3 Å². The van der Waals surface area contributed by atoms with Crippen molar-refractivity contribution in [3.8, 4) is 0 Å². The maximum Gasteiger partial charge on any atom is 0.211 e. The van der Waals surface area contributed by atoms with Crippen LogP contribution in [-0.4, -0.2) is 76.1 Å². The zero-order chi connectivity index (χ0) is 20.9. The minimum absolute atomic E-state index is 0.232. The van der Waals surface area contributed by atoms with Crippen LogP contribution in [0, 0.1) is 0 Å². The molecule has 1 saturated heterocycles. The number of anilines is 2.